The molecule has 0 bridgehead atoms. The molecule has 170 valence electrons. The Morgan fingerprint density at radius 1 is 0.788 bits per heavy atom. The number of aryl methyl sites for hydroxylation is 1. The van der Waals surface area contributed by atoms with Gasteiger partial charge in [-0.25, -0.2) is 4.98 Å². The van der Waals surface area contributed by atoms with E-state index in [4.69, 9.17) is 9.72 Å². The average molecular weight is 444 g/mol. The first-order valence-corrected chi connectivity index (χ1v) is 11.6. The fourth-order valence-electron chi connectivity index (χ4n) is 4.36. The summed E-state index contributed by atoms with van der Waals surface area (Å²) < 4.78 is 5.45. The molecule has 0 unspecified atom stereocenters. The molecular formula is C26H29N5O2. The van der Waals surface area contributed by atoms with Crippen molar-refractivity contribution in [3.05, 3.63) is 71.9 Å². The number of morpholine rings is 1. The van der Waals surface area contributed by atoms with Crippen LogP contribution in [-0.4, -0.2) is 73.3 Å². The third-order valence-electron chi connectivity index (χ3n) is 6.25. The number of aromatic nitrogens is 2. The zero-order valence-corrected chi connectivity index (χ0v) is 19.0. The Bertz CT molecular complexity index is 1090. The molecule has 2 aromatic carbocycles. The van der Waals surface area contributed by atoms with Crippen molar-refractivity contribution in [1.29, 1.82) is 0 Å². The highest BCUT2D eigenvalue weighted by atomic mass is 16.5. The van der Waals surface area contributed by atoms with Gasteiger partial charge in [0.05, 0.1) is 13.2 Å². The number of carbonyl (C=O) groups excluding carboxylic acids is 1. The van der Waals surface area contributed by atoms with Gasteiger partial charge in [0.25, 0.3) is 5.91 Å². The highest BCUT2D eigenvalue weighted by molar-refractivity contribution is 5.95. The van der Waals surface area contributed by atoms with Gasteiger partial charge in [0, 0.05) is 56.6 Å². The second-order valence-corrected chi connectivity index (χ2v) is 8.49. The molecule has 0 saturated carbocycles. The van der Waals surface area contributed by atoms with E-state index in [9.17, 15) is 4.79 Å². The molecule has 0 atom stereocenters. The number of anilines is 2. The predicted molar refractivity (Wildman–Crippen MR) is 130 cm³/mol. The van der Waals surface area contributed by atoms with Crippen molar-refractivity contribution in [3.8, 4) is 11.1 Å². The van der Waals surface area contributed by atoms with E-state index in [2.05, 4.69) is 26.9 Å². The molecule has 0 N–H and O–H groups in total. The Hall–Kier alpha value is -3.45. The van der Waals surface area contributed by atoms with Crippen molar-refractivity contribution in [2.24, 2.45) is 0 Å². The zero-order valence-electron chi connectivity index (χ0n) is 19.0. The van der Waals surface area contributed by atoms with Crippen LogP contribution in [0.4, 0.5) is 11.8 Å². The number of rotatable bonds is 4. The number of hydrogen-bond acceptors (Lipinski definition) is 6. The Labute approximate surface area is 194 Å². The minimum absolute atomic E-state index is 0.0853. The lowest BCUT2D eigenvalue weighted by Gasteiger charge is -2.36. The van der Waals surface area contributed by atoms with Gasteiger partial charge in [-0.15, -0.1) is 0 Å². The van der Waals surface area contributed by atoms with Crippen LogP contribution >= 0.6 is 0 Å². The van der Waals surface area contributed by atoms with Crippen molar-refractivity contribution in [2.75, 3.05) is 62.3 Å². The van der Waals surface area contributed by atoms with Gasteiger partial charge in [0.15, 0.2) is 0 Å². The van der Waals surface area contributed by atoms with E-state index in [0.29, 0.717) is 26.3 Å². The van der Waals surface area contributed by atoms with Crippen molar-refractivity contribution in [3.63, 3.8) is 0 Å². The Morgan fingerprint density at radius 2 is 1.45 bits per heavy atom. The summed E-state index contributed by atoms with van der Waals surface area (Å²) in [6.07, 6.45) is 0. The van der Waals surface area contributed by atoms with Crippen molar-refractivity contribution in [1.82, 2.24) is 14.9 Å². The van der Waals surface area contributed by atoms with Crippen LogP contribution in [0, 0.1) is 6.92 Å². The van der Waals surface area contributed by atoms with Gasteiger partial charge in [-0.1, -0.05) is 42.5 Å². The van der Waals surface area contributed by atoms with E-state index >= 15 is 0 Å². The first-order valence-electron chi connectivity index (χ1n) is 11.6. The Morgan fingerprint density at radius 3 is 2.15 bits per heavy atom. The molecule has 3 heterocycles. The van der Waals surface area contributed by atoms with E-state index in [-0.39, 0.29) is 5.91 Å². The minimum atomic E-state index is 0.0853. The molecule has 2 saturated heterocycles. The zero-order chi connectivity index (χ0) is 22.6. The first kappa shape index (κ1) is 21.4. The van der Waals surface area contributed by atoms with E-state index in [0.717, 1.165) is 60.3 Å². The number of carbonyl (C=O) groups is 1. The van der Waals surface area contributed by atoms with Gasteiger partial charge >= 0.3 is 0 Å². The summed E-state index contributed by atoms with van der Waals surface area (Å²) in [5.41, 5.74) is 3.96. The maximum absolute atomic E-state index is 13.1. The SMILES string of the molecule is Cc1cc(N2CCN(C(=O)c3ccc(-c4ccccc4)cc3)CC2)nc(N2CCOCC2)n1. The molecule has 5 rings (SSSR count). The molecule has 0 aliphatic carbocycles. The molecule has 1 aromatic heterocycles. The number of amides is 1. The molecule has 0 radical (unpaired) electrons. The first-order chi connectivity index (χ1) is 16.2. The topological polar surface area (TPSA) is 61.8 Å². The van der Waals surface area contributed by atoms with Crippen LogP contribution in [0.1, 0.15) is 16.1 Å². The number of hydrogen-bond donors (Lipinski definition) is 0. The summed E-state index contributed by atoms with van der Waals surface area (Å²) in [5.74, 6) is 1.79. The molecule has 2 aliphatic heterocycles. The monoisotopic (exact) mass is 443 g/mol. The van der Waals surface area contributed by atoms with Crippen LogP contribution in [-0.2, 0) is 4.74 Å². The summed E-state index contributed by atoms with van der Waals surface area (Å²) in [5, 5.41) is 0. The summed E-state index contributed by atoms with van der Waals surface area (Å²) in [6, 6.07) is 20.2. The van der Waals surface area contributed by atoms with Gasteiger partial charge in [-0.2, -0.15) is 4.98 Å². The number of benzene rings is 2. The van der Waals surface area contributed by atoms with Gasteiger partial charge in [0.2, 0.25) is 5.95 Å². The summed E-state index contributed by atoms with van der Waals surface area (Å²) in [7, 11) is 0. The number of piperazine rings is 1. The molecule has 33 heavy (non-hydrogen) atoms. The number of ether oxygens (including phenoxy) is 1. The molecule has 0 spiro atoms. The van der Waals surface area contributed by atoms with Crippen LogP contribution in [0.2, 0.25) is 0 Å². The predicted octanol–water partition coefficient (Wildman–Crippen LogP) is 3.25. The molecule has 3 aromatic rings. The van der Waals surface area contributed by atoms with Crippen LogP contribution in [0.5, 0.6) is 0 Å². The Kier molecular flexibility index (Phi) is 6.21. The lowest BCUT2D eigenvalue weighted by Crippen LogP contribution is -2.49. The molecule has 7 heteroatoms. The summed E-state index contributed by atoms with van der Waals surface area (Å²) in [6.45, 7) is 7.92. The van der Waals surface area contributed by atoms with Crippen molar-refractivity contribution >= 4 is 17.7 Å². The highest BCUT2D eigenvalue weighted by Crippen LogP contribution is 2.22. The van der Waals surface area contributed by atoms with E-state index in [1.165, 1.54) is 0 Å². The molecule has 2 fully saturated rings. The maximum Gasteiger partial charge on any atom is 0.253 e. The highest BCUT2D eigenvalue weighted by Gasteiger charge is 2.24. The third-order valence-corrected chi connectivity index (χ3v) is 6.25. The van der Waals surface area contributed by atoms with E-state index in [1.54, 1.807) is 0 Å². The number of nitrogens with zero attached hydrogens (tertiary/aromatic N) is 5. The third kappa shape index (κ3) is 4.83. The fraction of sp³-hybridized carbons (Fsp3) is 0.346. The van der Waals surface area contributed by atoms with Gasteiger partial charge in [-0.3, -0.25) is 4.79 Å². The average Bonchev–Trinajstić information content (AvgIpc) is 2.89. The van der Waals surface area contributed by atoms with Gasteiger partial charge < -0.3 is 19.4 Å². The van der Waals surface area contributed by atoms with Crippen LogP contribution in [0.25, 0.3) is 11.1 Å². The standard InChI is InChI=1S/C26H29N5O2/c1-20-19-24(28-26(27-20)31-15-17-33-18-16-31)29-11-13-30(14-12-29)25(32)23-9-7-22(8-10-23)21-5-3-2-4-6-21/h2-10,19H,11-18H2,1H3. The Balaban J connectivity index is 1.23. The molecular weight excluding hydrogens is 414 g/mol. The second kappa shape index (κ2) is 9.58. The van der Waals surface area contributed by atoms with Crippen LogP contribution in [0.15, 0.2) is 60.7 Å². The van der Waals surface area contributed by atoms with Gasteiger partial charge in [0.1, 0.15) is 5.82 Å². The van der Waals surface area contributed by atoms with Crippen molar-refractivity contribution in [2.45, 2.75) is 6.92 Å². The molecule has 2 aliphatic rings. The lowest BCUT2D eigenvalue weighted by molar-refractivity contribution is 0.0746. The maximum atomic E-state index is 13.1. The smallest absolute Gasteiger partial charge is 0.253 e. The molecule has 7 nitrogen and oxygen atoms in total. The van der Waals surface area contributed by atoms with E-state index < -0.39 is 0 Å². The summed E-state index contributed by atoms with van der Waals surface area (Å²) in [4.78, 5) is 28.9. The molecule has 1 amide bonds. The quantitative estimate of drug-likeness (QED) is 0.617. The second-order valence-electron chi connectivity index (χ2n) is 8.49. The lowest BCUT2D eigenvalue weighted by atomic mass is 10.0. The fourth-order valence-corrected chi connectivity index (χ4v) is 4.36. The van der Waals surface area contributed by atoms with Gasteiger partial charge in [-0.05, 0) is 30.2 Å². The normalized spacial score (nSPS) is 16.7. The summed E-state index contributed by atoms with van der Waals surface area (Å²) >= 11 is 0. The minimum Gasteiger partial charge on any atom is -0.378 e. The van der Waals surface area contributed by atoms with Crippen molar-refractivity contribution < 1.29 is 9.53 Å². The van der Waals surface area contributed by atoms with Crippen LogP contribution < -0.4 is 9.80 Å². The largest absolute Gasteiger partial charge is 0.378 e. The van der Waals surface area contributed by atoms with E-state index in [1.807, 2.05) is 60.4 Å². The van der Waals surface area contributed by atoms with Crippen LogP contribution in [0.3, 0.4) is 0 Å².